The van der Waals surface area contributed by atoms with Gasteiger partial charge in [-0.25, -0.2) is 17.6 Å². The van der Waals surface area contributed by atoms with Gasteiger partial charge in [0.2, 0.25) is 10.0 Å². The first-order valence-electron chi connectivity index (χ1n) is 14.4. The number of aromatic nitrogens is 4. The van der Waals surface area contributed by atoms with Gasteiger partial charge < -0.3 is 10.0 Å². The monoisotopic (exact) mass is 596 g/mol. The van der Waals surface area contributed by atoms with Crippen molar-refractivity contribution in [3.63, 3.8) is 0 Å². The van der Waals surface area contributed by atoms with Crippen LogP contribution in [0.5, 0.6) is 0 Å². The number of rotatable bonds is 7. The molecular weight excluding hydrogens is 559 g/mol. The van der Waals surface area contributed by atoms with Crippen LogP contribution in [0.15, 0.2) is 47.3 Å². The van der Waals surface area contributed by atoms with E-state index in [1.807, 2.05) is 30.7 Å². The van der Waals surface area contributed by atoms with Crippen LogP contribution in [0.4, 0.5) is 4.39 Å². The minimum Gasteiger partial charge on any atom is -0.390 e. The van der Waals surface area contributed by atoms with E-state index < -0.39 is 16.1 Å². The number of hydrogen-bond acceptors (Lipinski definition) is 6. The molecule has 1 fully saturated rings. The van der Waals surface area contributed by atoms with Crippen molar-refractivity contribution in [1.82, 2.24) is 28.1 Å². The maximum absolute atomic E-state index is 13.6. The lowest BCUT2D eigenvalue weighted by Gasteiger charge is -2.33. The number of nitrogens with zero attached hydrogens (tertiary/aromatic N) is 6. The lowest BCUT2D eigenvalue weighted by molar-refractivity contribution is 0.0762. The molecule has 1 atom stereocenters. The quantitative estimate of drug-likeness (QED) is 0.352. The highest BCUT2D eigenvalue weighted by Crippen LogP contribution is 2.32. The summed E-state index contributed by atoms with van der Waals surface area (Å²) >= 11 is 0. The summed E-state index contributed by atoms with van der Waals surface area (Å²) in [7, 11) is -1.57. The Morgan fingerprint density at radius 1 is 1.05 bits per heavy atom. The van der Waals surface area contributed by atoms with Crippen molar-refractivity contribution in [1.29, 1.82) is 0 Å². The summed E-state index contributed by atoms with van der Waals surface area (Å²) < 4.78 is 45.1. The summed E-state index contributed by atoms with van der Waals surface area (Å²) in [6.07, 6.45) is 2.61. The van der Waals surface area contributed by atoms with Gasteiger partial charge in [0, 0.05) is 69.1 Å². The molecule has 6 rings (SSSR count). The van der Waals surface area contributed by atoms with Crippen LogP contribution < -0.4 is 5.69 Å². The second kappa shape index (κ2) is 11.1. The van der Waals surface area contributed by atoms with Gasteiger partial charge in [-0.1, -0.05) is 6.07 Å². The van der Waals surface area contributed by atoms with E-state index in [1.54, 1.807) is 21.4 Å². The first kappa shape index (κ1) is 28.8. The summed E-state index contributed by atoms with van der Waals surface area (Å²) in [6, 6.07) is 12.2. The smallest absolute Gasteiger partial charge is 0.329 e. The van der Waals surface area contributed by atoms with Crippen LogP contribution in [-0.4, -0.2) is 80.2 Å². The molecule has 4 aromatic rings. The Morgan fingerprint density at radius 3 is 2.45 bits per heavy atom. The van der Waals surface area contributed by atoms with Crippen molar-refractivity contribution < 1.29 is 17.9 Å². The second-order valence-corrected chi connectivity index (χ2v) is 13.7. The molecule has 0 bridgehead atoms. The van der Waals surface area contributed by atoms with Gasteiger partial charge in [-0.2, -0.15) is 9.40 Å². The Bertz CT molecular complexity index is 1780. The summed E-state index contributed by atoms with van der Waals surface area (Å²) in [6.45, 7) is 4.83. The van der Waals surface area contributed by atoms with Crippen LogP contribution in [0.2, 0.25) is 0 Å². The topological polar surface area (TPSA) is 106 Å². The number of fused-ring (bicyclic) bond motifs is 2. The van der Waals surface area contributed by atoms with E-state index in [-0.39, 0.29) is 30.6 Å². The van der Waals surface area contributed by atoms with Crippen LogP contribution in [0.3, 0.4) is 0 Å². The van der Waals surface area contributed by atoms with E-state index in [4.69, 9.17) is 5.10 Å². The van der Waals surface area contributed by atoms with Crippen LogP contribution in [0.25, 0.3) is 22.3 Å². The molecule has 42 heavy (non-hydrogen) atoms. The third-order valence-electron chi connectivity index (χ3n) is 8.71. The number of hydrogen-bond donors (Lipinski definition) is 1. The summed E-state index contributed by atoms with van der Waals surface area (Å²) in [5.74, 6) is -0.357. The van der Waals surface area contributed by atoms with Gasteiger partial charge in [-0.15, -0.1) is 0 Å². The molecular formula is C30H37FN6O4S. The van der Waals surface area contributed by atoms with Gasteiger partial charge in [0.05, 0.1) is 35.6 Å². The summed E-state index contributed by atoms with van der Waals surface area (Å²) in [5, 5.41) is 15.9. The van der Waals surface area contributed by atoms with Crippen molar-refractivity contribution in [3.05, 3.63) is 75.6 Å². The number of aryl methyl sites for hydroxylation is 2. The van der Waals surface area contributed by atoms with Crippen molar-refractivity contribution in [2.45, 2.75) is 51.4 Å². The van der Waals surface area contributed by atoms with Crippen LogP contribution in [0.1, 0.15) is 35.7 Å². The fraction of sp³-hybridized carbons (Fsp3) is 0.467. The lowest BCUT2D eigenvalue weighted by Crippen LogP contribution is -2.42. The van der Waals surface area contributed by atoms with Gasteiger partial charge in [-0.3, -0.25) is 13.8 Å². The van der Waals surface area contributed by atoms with Gasteiger partial charge >= 0.3 is 5.69 Å². The minimum atomic E-state index is -3.39. The zero-order chi connectivity index (χ0) is 29.8. The Morgan fingerprint density at radius 2 is 1.76 bits per heavy atom. The molecule has 0 saturated carbocycles. The average molecular weight is 597 g/mol. The molecule has 4 heterocycles. The predicted molar refractivity (Wildman–Crippen MR) is 159 cm³/mol. The molecule has 2 aliphatic rings. The number of piperidine rings is 1. The molecule has 2 aromatic heterocycles. The third-order valence-corrected chi connectivity index (χ3v) is 9.96. The van der Waals surface area contributed by atoms with Gasteiger partial charge in [0.25, 0.3) is 0 Å². The van der Waals surface area contributed by atoms with Crippen molar-refractivity contribution in [3.8, 4) is 11.3 Å². The number of β-amino-alcohol motifs (C(OH)–C–C–N with tert-alkyl or cyclic N) is 1. The van der Waals surface area contributed by atoms with E-state index in [9.17, 15) is 22.7 Å². The molecule has 1 unspecified atom stereocenters. The first-order chi connectivity index (χ1) is 20.0. The molecule has 2 aromatic carbocycles. The van der Waals surface area contributed by atoms with Gasteiger partial charge in [0.15, 0.2) is 0 Å². The molecule has 0 amide bonds. The molecule has 224 valence electrons. The van der Waals surface area contributed by atoms with Gasteiger partial charge in [0.1, 0.15) is 5.82 Å². The number of likely N-dealkylation sites (tertiary alicyclic amines) is 1. The molecule has 12 heteroatoms. The number of imidazole rings is 1. The highest BCUT2D eigenvalue weighted by Gasteiger charge is 2.31. The van der Waals surface area contributed by atoms with E-state index >= 15 is 0 Å². The van der Waals surface area contributed by atoms with Gasteiger partial charge in [-0.05, 0) is 61.7 Å². The highest BCUT2D eigenvalue weighted by atomic mass is 32.2. The maximum Gasteiger partial charge on any atom is 0.329 e. The molecule has 2 aliphatic heterocycles. The molecule has 1 N–H and O–H groups in total. The predicted octanol–water partition coefficient (Wildman–Crippen LogP) is 2.67. The Kier molecular flexibility index (Phi) is 7.58. The fourth-order valence-electron chi connectivity index (χ4n) is 6.49. The summed E-state index contributed by atoms with van der Waals surface area (Å²) in [5.41, 5.74) is 6.04. The number of benzene rings is 2. The lowest BCUT2D eigenvalue weighted by atomic mass is 10.0. The fourth-order valence-corrected chi connectivity index (χ4v) is 7.27. The molecule has 0 radical (unpaired) electrons. The Labute approximate surface area is 244 Å². The van der Waals surface area contributed by atoms with Crippen LogP contribution in [-0.2, 0) is 36.6 Å². The second-order valence-electron chi connectivity index (χ2n) is 11.7. The minimum absolute atomic E-state index is 0.00365. The van der Waals surface area contributed by atoms with E-state index in [0.29, 0.717) is 30.8 Å². The zero-order valence-corrected chi connectivity index (χ0v) is 25.0. The molecule has 0 spiro atoms. The molecule has 0 aliphatic carbocycles. The Balaban J connectivity index is 1.16. The average Bonchev–Trinajstić information content (AvgIpc) is 3.42. The third kappa shape index (κ3) is 5.44. The first-order valence-corrected chi connectivity index (χ1v) is 16.2. The Hall–Kier alpha value is -3.32. The van der Waals surface area contributed by atoms with Crippen molar-refractivity contribution in [2.75, 3.05) is 32.4 Å². The molecule has 1 saturated heterocycles. The van der Waals surface area contributed by atoms with Crippen molar-refractivity contribution >= 4 is 21.1 Å². The number of halogens is 1. The maximum atomic E-state index is 13.6. The van der Waals surface area contributed by atoms with Crippen LogP contribution >= 0.6 is 0 Å². The summed E-state index contributed by atoms with van der Waals surface area (Å²) in [4.78, 5) is 15.3. The van der Waals surface area contributed by atoms with E-state index in [0.717, 1.165) is 53.8 Å². The van der Waals surface area contributed by atoms with E-state index in [1.165, 1.54) is 22.7 Å². The molecule has 10 nitrogen and oxygen atoms in total. The standard InChI is InChI=1S/C30H37FN6O4S/c1-20-4-9-27-28(16-20)37(30(39)33(27)2)23-10-13-34(14-11-23)17-24(38)18-36-26-12-15-35(42(3,40)41)19-25(26)29(32-36)21-5-7-22(31)8-6-21/h4-9,16,23-24,38H,10-15,17-19H2,1-3H3. The number of aliphatic hydroxyl groups excluding tert-OH is 1. The van der Waals surface area contributed by atoms with Crippen LogP contribution in [0, 0.1) is 12.7 Å². The van der Waals surface area contributed by atoms with Crippen molar-refractivity contribution in [2.24, 2.45) is 7.05 Å². The number of aliphatic hydroxyl groups is 1. The van der Waals surface area contributed by atoms with E-state index in [2.05, 4.69) is 11.0 Å². The normalized spacial score (nSPS) is 18.0. The zero-order valence-electron chi connectivity index (χ0n) is 24.2. The SMILES string of the molecule is Cc1ccc2c(c1)n(C1CCN(CC(O)Cn3nc(-c4ccc(F)cc4)c4c3CCN(S(C)(=O)=O)C4)CC1)c(=O)n2C. The highest BCUT2D eigenvalue weighted by molar-refractivity contribution is 7.88. The largest absolute Gasteiger partial charge is 0.390 e. The number of sulfonamides is 1.